The van der Waals surface area contributed by atoms with Gasteiger partial charge in [0.2, 0.25) is 0 Å². The van der Waals surface area contributed by atoms with Crippen LogP contribution in [0.25, 0.3) is 0 Å². The fourth-order valence-electron chi connectivity index (χ4n) is 3.72. The summed E-state index contributed by atoms with van der Waals surface area (Å²) in [5.41, 5.74) is 0. The molecule has 0 atom stereocenters. The van der Waals surface area contributed by atoms with Crippen molar-refractivity contribution in [3.63, 3.8) is 0 Å². The Hall–Kier alpha value is -0.0800. The van der Waals surface area contributed by atoms with Gasteiger partial charge in [-0.05, 0) is 77.5 Å². The summed E-state index contributed by atoms with van der Waals surface area (Å²) in [6.07, 6.45) is 5.65. The Labute approximate surface area is 127 Å². The molecular weight excluding hydrogens is 244 g/mol. The molecule has 2 aliphatic rings. The molecule has 0 bridgehead atoms. The number of nitrogens with zero attached hydrogens (tertiary/aromatic N) is 2. The molecule has 2 rings (SSSR count). The molecule has 0 aliphatic carbocycles. The lowest BCUT2D eigenvalue weighted by Crippen LogP contribution is -2.49. The van der Waals surface area contributed by atoms with Crippen LogP contribution in [0, 0.1) is 11.8 Å². The van der Waals surface area contributed by atoms with Gasteiger partial charge in [-0.15, -0.1) is 0 Å². The van der Waals surface area contributed by atoms with Crippen molar-refractivity contribution in [3.05, 3.63) is 0 Å². The van der Waals surface area contributed by atoms with E-state index in [-0.39, 0.29) is 0 Å². The van der Waals surface area contributed by atoms with Crippen molar-refractivity contribution in [2.45, 2.75) is 79.3 Å². The third-order valence-corrected chi connectivity index (χ3v) is 5.26. The molecule has 0 saturated carbocycles. The van der Waals surface area contributed by atoms with E-state index in [9.17, 15) is 0 Å². The summed E-state index contributed by atoms with van der Waals surface area (Å²) >= 11 is 0. The highest BCUT2D eigenvalue weighted by Gasteiger charge is 2.29. The van der Waals surface area contributed by atoms with Crippen LogP contribution in [-0.2, 0) is 0 Å². The van der Waals surface area contributed by atoms with Gasteiger partial charge in [0.05, 0.1) is 0 Å². The molecular formula is C18H38N2. The number of hydrogen-bond donors (Lipinski definition) is 0. The standard InChI is InChI=1S/C16H32N2.C2H6/c1-13(2)15-5-9-18(10-6-15)16-7-11-17(12-8-16)14(3)4;1-2/h13-16H,5-12H2,1-4H3;1-2H3. The second kappa shape index (κ2) is 9.04. The minimum absolute atomic E-state index is 0.734. The zero-order chi connectivity index (χ0) is 15.1. The average molecular weight is 283 g/mol. The maximum atomic E-state index is 2.79. The van der Waals surface area contributed by atoms with Crippen LogP contribution in [0.5, 0.6) is 0 Å². The summed E-state index contributed by atoms with van der Waals surface area (Å²) in [6.45, 7) is 18.8. The van der Waals surface area contributed by atoms with Crippen LogP contribution in [0.1, 0.15) is 67.2 Å². The van der Waals surface area contributed by atoms with Crippen molar-refractivity contribution in [1.82, 2.24) is 9.80 Å². The van der Waals surface area contributed by atoms with E-state index in [0.717, 1.165) is 23.9 Å². The third kappa shape index (κ3) is 5.04. The van der Waals surface area contributed by atoms with Crippen LogP contribution in [0.2, 0.25) is 0 Å². The molecule has 0 spiro atoms. The number of piperidine rings is 2. The second-order valence-corrected chi connectivity index (χ2v) is 6.98. The Balaban J connectivity index is 0.000000956. The Morgan fingerprint density at radius 3 is 1.65 bits per heavy atom. The molecule has 20 heavy (non-hydrogen) atoms. The van der Waals surface area contributed by atoms with Crippen molar-refractivity contribution in [3.8, 4) is 0 Å². The monoisotopic (exact) mass is 282 g/mol. The molecule has 0 radical (unpaired) electrons. The van der Waals surface area contributed by atoms with Crippen LogP contribution in [0.15, 0.2) is 0 Å². The normalized spacial score (nSPS) is 24.0. The van der Waals surface area contributed by atoms with Crippen molar-refractivity contribution < 1.29 is 0 Å². The van der Waals surface area contributed by atoms with Gasteiger partial charge in [0, 0.05) is 12.1 Å². The quantitative estimate of drug-likeness (QED) is 0.763. The molecule has 120 valence electrons. The van der Waals surface area contributed by atoms with Gasteiger partial charge in [-0.3, -0.25) is 0 Å². The highest BCUT2D eigenvalue weighted by atomic mass is 15.2. The maximum Gasteiger partial charge on any atom is 0.0120 e. The zero-order valence-electron chi connectivity index (χ0n) is 14.9. The average Bonchev–Trinajstić information content (AvgIpc) is 2.49. The summed E-state index contributed by atoms with van der Waals surface area (Å²) < 4.78 is 0. The van der Waals surface area contributed by atoms with Crippen LogP contribution in [-0.4, -0.2) is 48.1 Å². The van der Waals surface area contributed by atoms with Crippen LogP contribution in [0.4, 0.5) is 0 Å². The minimum atomic E-state index is 0.734. The van der Waals surface area contributed by atoms with Gasteiger partial charge in [0.15, 0.2) is 0 Å². The first-order chi connectivity index (χ1) is 9.58. The first-order valence-corrected chi connectivity index (χ1v) is 9.06. The van der Waals surface area contributed by atoms with Crippen LogP contribution < -0.4 is 0 Å². The third-order valence-electron chi connectivity index (χ3n) is 5.26. The highest BCUT2D eigenvalue weighted by Crippen LogP contribution is 2.28. The van der Waals surface area contributed by atoms with Crippen molar-refractivity contribution in [2.75, 3.05) is 26.2 Å². The predicted molar refractivity (Wildman–Crippen MR) is 90.2 cm³/mol. The molecule has 0 N–H and O–H groups in total. The summed E-state index contributed by atoms with van der Waals surface area (Å²) in [6, 6.07) is 1.62. The van der Waals surface area contributed by atoms with Gasteiger partial charge < -0.3 is 9.80 Å². The molecule has 0 aromatic heterocycles. The summed E-state index contributed by atoms with van der Waals surface area (Å²) in [4.78, 5) is 5.42. The summed E-state index contributed by atoms with van der Waals surface area (Å²) in [7, 11) is 0. The predicted octanol–water partition coefficient (Wildman–Crippen LogP) is 4.25. The molecule has 0 aromatic rings. The van der Waals surface area contributed by atoms with Gasteiger partial charge >= 0.3 is 0 Å². The Kier molecular flexibility index (Phi) is 8.13. The van der Waals surface area contributed by atoms with Crippen molar-refractivity contribution in [2.24, 2.45) is 11.8 Å². The Bertz CT molecular complexity index is 208. The van der Waals surface area contributed by atoms with Crippen molar-refractivity contribution in [1.29, 1.82) is 0 Å². The summed E-state index contributed by atoms with van der Waals surface area (Å²) in [5, 5.41) is 0. The lowest BCUT2D eigenvalue weighted by molar-refractivity contribution is 0.0603. The SMILES string of the molecule is CC.CC(C)C1CCN(C2CCN(C(C)C)CC2)CC1. The molecule has 2 heterocycles. The van der Waals surface area contributed by atoms with Gasteiger partial charge in [0.1, 0.15) is 0 Å². The topological polar surface area (TPSA) is 6.48 Å². The van der Waals surface area contributed by atoms with E-state index in [0.29, 0.717) is 0 Å². The molecule has 0 amide bonds. The maximum absolute atomic E-state index is 2.79. The van der Waals surface area contributed by atoms with Gasteiger partial charge in [-0.25, -0.2) is 0 Å². The largest absolute Gasteiger partial charge is 0.301 e. The van der Waals surface area contributed by atoms with E-state index >= 15 is 0 Å². The second-order valence-electron chi connectivity index (χ2n) is 6.98. The van der Waals surface area contributed by atoms with E-state index < -0.39 is 0 Å². The molecule has 0 aromatic carbocycles. The minimum Gasteiger partial charge on any atom is -0.301 e. The first-order valence-electron chi connectivity index (χ1n) is 9.06. The van der Waals surface area contributed by atoms with Gasteiger partial charge in [0.25, 0.3) is 0 Å². The Morgan fingerprint density at radius 2 is 1.25 bits per heavy atom. The van der Waals surface area contributed by atoms with E-state index in [1.807, 2.05) is 13.8 Å². The van der Waals surface area contributed by atoms with Crippen LogP contribution in [0.3, 0.4) is 0 Å². The number of likely N-dealkylation sites (tertiary alicyclic amines) is 2. The van der Waals surface area contributed by atoms with E-state index in [4.69, 9.17) is 0 Å². The van der Waals surface area contributed by atoms with Crippen LogP contribution >= 0.6 is 0 Å². The number of hydrogen-bond acceptors (Lipinski definition) is 2. The lowest BCUT2D eigenvalue weighted by Gasteiger charge is -2.43. The molecule has 2 saturated heterocycles. The van der Waals surface area contributed by atoms with E-state index in [1.54, 1.807) is 0 Å². The van der Waals surface area contributed by atoms with Crippen molar-refractivity contribution >= 4 is 0 Å². The highest BCUT2D eigenvalue weighted by molar-refractivity contribution is 4.84. The number of rotatable bonds is 3. The smallest absolute Gasteiger partial charge is 0.0120 e. The fraction of sp³-hybridized carbons (Fsp3) is 1.00. The zero-order valence-corrected chi connectivity index (χ0v) is 14.9. The Morgan fingerprint density at radius 1 is 0.750 bits per heavy atom. The molecule has 2 fully saturated rings. The van der Waals surface area contributed by atoms with Gasteiger partial charge in [-0.2, -0.15) is 0 Å². The van der Waals surface area contributed by atoms with E-state index in [1.165, 1.54) is 51.9 Å². The first kappa shape index (κ1) is 18.0. The molecule has 2 aliphatic heterocycles. The van der Waals surface area contributed by atoms with E-state index in [2.05, 4.69) is 37.5 Å². The molecule has 2 nitrogen and oxygen atoms in total. The van der Waals surface area contributed by atoms with Gasteiger partial charge in [-0.1, -0.05) is 27.7 Å². The summed E-state index contributed by atoms with van der Waals surface area (Å²) in [5.74, 6) is 1.87. The fourth-order valence-corrected chi connectivity index (χ4v) is 3.72. The molecule has 2 heteroatoms. The lowest BCUT2D eigenvalue weighted by atomic mass is 9.85. The molecule has 0 unspecified atom stereocenters.